The largest absolute Gasteiger partial charge is 0.508 e. The van der Waals surface area contributed by atoms with E-state index in [9.17, 15) is 14.1 Å². The van der Waals surface area contributed by atoms with E-state index in [4.69, 9.17) is 0 Å². The van der Waals surface area contributed by atoms with Crippen molar-refractivity contribution in [2.45, 2.75) is 19.0 Å². The number of rotatable bonds is 5. The minimum absolute atomic E-state index is 0.0535. The third-order valence-corrected chi connectivity index (χ3v) is 5.15. The number of hydrogen-bond donors (Lipinski definition) is 1. The van der Waals surface area contributed by atoms with E-state index in [-0.39, 0.29) is 17.3 Å². The minimum Gasteiger partial charge on any atom is -0.508 e. The molecule has 0 amide bonds. The van der Waals surface area contributed by atoms with Crippen LogP contribution in [-0.4, -0.2) is 30.4 Å². The molecular formula is C19H18N2O3S. The highest BCUT2D eigenvalue weighted by Crippen LogP contribution is 2.19. The van der Waals surface area contributed by atoms with Gasteiger partial charge in [-0.3, -0.25) is 13.6 Å². The Kier molecular flexibility index (Phi) is 4.81. The number of imidazole rings is 1. The summed E-state index contributed by atoms with van der Waals surface area (Å²) >= 11 is 0. The Labute approximate surface area is 148 Å². The number of carbonyl (C=O) groups excluding carboxylic acids is 1. The lowest BCUT2D eigenvalue weighted by Gasteiger charge is -2.08. The van der Waals surface area contributed by atoms with E-state index in [2.05, 4.69) is 4.98 Å². The number of aromatic hydroxyl groups is 1. The van der Waals surface area contributed by atoms with Gasteiger partial charge in [-0.15, -0.1) is 0 Å². The molecule has 1 N–H and O–H groups in total. The molecule has 0 aliphatic rings. The van der Waals surface area contributed by atoms with Crippen LogP contribution in [0.1, 0.15) is 21.5 Å². The molecule has 0 aliphatic heterocycles. The predicted molar refractivity (Wildman–Crippen MR) is 96.8 cm³/mol. The monoisotopic (exact) mass is 354 g/mol. The van der Waals surface area contributed by atoms with Crippen LogP contribution in [0.3, 0.4) is 0 Å². The van der Waals surface area contributed by atoms with E-state index in [0.29, 0.717) is 16.3 Å². The number of phenolic OH excluding ortho intramolecular Hbond substituents is 1. The summed E-state index contributed by atoms with van der Waals surface area (Å²) in [6.45, 7) is 3.74. The number of carbonyl (C=O) groups is 1. The highest BCUT2D eigenvalue weighted by Gasteiger charge is 2.18. The van der Waals surface area contributed by atoms with Gasteiger partial charge in [0.2, 0.25) is 5.16 Å². The summed E-state index contributed by atoms with van der Waals surface area (Å²) < 4.78 is 14.4. The lowest BCUT2D eigenvalue weighted by atomic mass is 10.1. The number of aromatic nitrogens is 2. The van der Waals surface area contributed by atoms with Crippen molar-refractivity contribution in [3.05, 3.63) is 71.5 Å². The predicted octanol–water partition coefficient (Wildman–Crippen LogP) is 3.19. The van der Waals surface area contributed by atoms with Gasteiger partial charge >= 0.3 is 0 Å². The molecule has 0 aliphatic carbocycles. The van der Waals surface area contributed by atoms with E-state index in [1.807, 2.05) is 31.2 Å². The third-order valence-electron chi connectivity index (χ3n) is 3.92. The second-order valence-corrected chi connectivity index (χ2v) is 7.17. The zero-order valence-electron chi connectivity index (χ0n) is 14.0. The molecule has 5 nitrogen and oxygen atoms in total. The molecule has 3 aromatic rings. The smallest absolute Gasteiger partial charge is 0.204 e. The van der Waals surface area contributed by atoms with Gasteiger partial charge in [-0.1, -0.05) is 29.8 Å². The third kappa shape index (κ3) is 3.69. The normalized spacial score (nSPS) is 12.1. The van der Waals surface area contributed by atoms with Crippen molar-refractivity contribution in [3.8, 4) is 11.4 Å². The molecule has 25 heavy (non-hydrogen) atoms. The highest BCUT2D eigenvalue weighted by molar-refractivity contribution is 7.85. The molecule has 128 valence electrons. The Hall–Kier alpha value is -2.73. The number of benzene rings is 2. The average molecular weight is 354 g/mol. The molecule has 2 aromatic carbocycles. The Morgan fingerprint density at radius 3 is 2.56 bits per heavy atom. The summed E-state index contributed by atoms with van der Waals surface area (Å²) in [6.07, 6.45) is 3.29. The summed E-state index contributed by atoms with van der Waals surface area (Å²) in [4.78, 5) is 16.5. The van der Waals surface area contributed by atoms with Crippen molar-refractivity contribution in [1.82, 2.24) is 9.55 Å². The summed E-state index contributed by atoms with van der Waals surface area (Å²) in [6, 6.07) is 12.4. The molecule has 1 heterocycles. The lowest BCUT2D eigenvalue weighted by molar-refractivity contribution is 0.102. The highest BCUT2D eigenvalue weighted by atomic mass is 32.2. The number of hydrogen-bond acceptors (Lipinski definition) is 4. The van der Waals surface area contributed by atoms with Gasteiger partial charge in [0.1, 0.15) is 5.75 Å². The van der Waals surface area contributed by atoms with Gasteiger partial charge in [0.05, 0.1) is 16.6 Å². The fourth-order valence-corrected chi connectivity index (χ4v) is 3.51. The van der Waals surface area contributed by atoms with Crippen molar-refractivity contribution >= 4 is 16.6 Å². The van der Waals surface area contributed by atoms with Crippen LogP contribution in [0.4, 0.5) is 0 Å². The van der Waals surface area contributed by atoms with Crippen molar-refractivity contribution in [3.63, 3.8) is 0 Å². The zero-order chi connectivity index (χ0) is 18.0. The van der Waals surface area contributed by atoms with Crippen molar-refractivity contribution < 1.29 is 14.1 Å². The van der Waals surface area contributed by atoms with Gasteiger partial charge < -0.3 is 5.11 Å². The molecule has 3 rings (SSSR count). The molecule has 1 atom stereocenters. The van der Waals surface area contributed by atoms with E-state index in [0.717, 1.165) is 11.3 Å². The maximum absolute atomic E-state index is 12.6. The first-order valence-electron chi connectivity index (χ1n) is 7.77. The second-order valence-electron chi connectivity index (χ2n) is 5.83. The fourth-order valence-electron chi connectivity index (χ4n) is 2.41. The first kappa shape index (κ1) is 17.1. The molecule has 1 aromatic heterocycles. The number of nitrogens with zero attached hydrogens (tertiary/aromatic N) is 2. The van der Waals surface area contributed by atoms with Crippen LogP contribution in [-0.2, 0) is 10.8 Å². The molecule has 0 saturated heterocycles. The number of aryl methyl sites for hydroxylation is 2. The van der Waals surface area contributed by atoms with Gasteiger partial charge in [0, 0.05) is 23.6 Å². The molecule has 0 saturated carbocycles. The summed E-state index contributed by atoms with van der Waals surface area (Å²) in [5.74, 6) is -0.435. The average Bonchev–Trinajstić information content (AvgIpc) is 3.07. The summed E-state index contributed by atoms with van der Waals surface area (Å²) in [7, 11) is -1.59. The van der Waals surface area contributed by atoms with E-state index >= 15 is 0 Å². The Morgan fingerprint density at radius 2 is 1.88 bits per heavy atom. The number of Topliss-reactive ketones (excluding diaryl/α,β-unsaturated/α-hetero) is 1. The molecule has 6 heteroatoms. The van der Waals surface area contributed by atoms with Crippen molar-refractivity contribution in [1.29, 1.82) is 0 Å². The van der Waals surface area contributed by atoms with Gasteiger partial charge in [-0.2, -0.15) is 0 Å². The van der Waals surface area contributed by atoms with Crippen molar-refractivity contribution in [2.75, 3.05) is 5.75 Å². The van der Waals surface area contributed by atoms with Crippen LogP contribution < -0.4 is 0 Å². The van der Waals surface area contributed by atoms with Crippen LogP contribution in [0, 0.1) is 13.8 Å². The van der Waals surface area contributed by atoms with Gasteiger partial charge in [-0.05, 0) is 37.6 Å². The van der Waals surface area contributed by atoms with Crippen molar-refractivity contribution in [2.24, 2.45) is 0 Å². The Morgan fingerprint density at radius 1 is 1.16 bits per heavy atom. The Balaban J connectivity index is 1.82. The maximum atomic E-state index is 12.6. The minimum atomic E-state index is -1.59. The van der Waals surface area contributed by atoms with Gasteiger partial charge in [0.25, 0.3) is 0 Å². The first-order chi connectivity index (χ1) is 12.0. The summed E-state index contributed by atoms with van der Waals surface area (Å²) in [5, 5.41) is 10.1. The van der Waals surface area contributed by atoms with Crippen LogP contribution in [0.15, 0.2) is 60.0 Å². The molecular weight excluding hydrogens is 336 g/mol. The quantitative estimate of drug-likeness (QED) is 0.714. The van der Waals surface area contributed by atoms with E-state index in [1.165, 1.54) is 6.07 Å². The lowest BCUT2D eigenvalue weighted by Crippen LogP contribution is -2.14. The second kappa shape index (κ2) is 7.03. The molecule has 0 bridgehead atoms. The van der Waals surface area contributed by atoms with E-state index in [1.54, 1.807) is 36.0 Å². The fraction of sp³-hybridized carbons (Fsp3) is 0.158. The van der Waals surface area contributed by atoms with Crippen LogP contribution in [0.5, 0.6) is 5.75 Å². The van der Waals surface area contributed by atoms with Crippen LogP contribution >= 0.6 is 0 Å². The van der Waals surface area contributed by atoms with Crippen LogP contribution in [0.25, 0.3) is 5.69 Å². The SMILES string of the molecule is Cc1ccc(-n2ccnc2S(=O)CC(=O)c2ccc(C)c(O)c2)cc1. The standard InChI is InChI=1S/C19H18N2O3S/c1-13-3-7-16(8-4-13)21-10-9-20-19(21)25(24)12-18(23)15-6-5-14(2)17(22)11-15/h3-11,22H,12H2,1-2H3. The molecule has 0 spiro atoms. The molecule has 0 radical (unpaired) electrons. The number of phenols is 1. The number of ketones is 1. The zero-order valence-corrected chi connectivity index (χ0v) is 14.8. The molecule has 0 fully saturated rings. The maximum Gasteiger partial charge on any atom is 0.204 e. The first-order valence-corrected chi connectivity index (χ1v) is 9.09. The van der Waals surface area contributed by atoms with Gasteiger partial charge in [0.15, 0.2) is 5.78 Å². The topological polar surface area (TPSA) is 72.2 Å². The Bertz CT molecular complexity index is 946. The van der Waals surface area contributed by atoms with Crippen LogP contribution in [0.2, 0.25) is 0 Å². The van der Waals surface area contributed by atoms with Gasteiger partial charge in [-0.25, -0.2) is 4.98 Å². The summed E-state index contributed by atoms with van der Waals surface area (Å²) in [5.41, 5.74) is 2.99. The molecule has 1 unspecified atom stereocenters. The van der Waals surface area contributed by atoms with E-state index < -0.39 is 10.8 Å².